The summed E-state index contributed by atoms with van der Waals surface area (Å²) in [5, 5.41) is 70.0. The number of anilines is 4. The fraction of sp³-hybridized carbons (Fsp3) is 0.389. The number of nitrogens with one attached hydrogen (secondary N) is 4. The van der Waals surface area contributed by atoms with E-state index in [0.717, 1.165) is 55.9 Å². The molecule has 36 nitrogen and oxygen atoms in total. The summed E-state index contributed by atoms with van der Waals surface area (Å²) in [5.74, 6) is -4.64. The van der Waals surface area contributed by atoms with Crippen LogP contribution in [0.4, 0.5) is 74.5 Å². The van der Waals surface area contributed by atoms with Crippen LogP contribution in [0.5, 0.6) is 0 Å². The van der Waals surface area contributed by atoms with E-state index in [-0.39, 0.29) is 144 Å². The largest absolute Gasteiger partial charge is 0.393 e. The number of nitrogens with zero attached hydrogens (tertiary/aromatic N) is 16. The molecule has 12 amide bonds. The van der Waals surface area contributed by atoms with Gasteiger partial charge in [0.05, 0.1) is 112 Å². The van der Waals surface area contributed by atoms with Crippen molar-refractivity contribution in [3.8, 4) is 0 Å². The molecule has 8 aliphatic heterocycles. The minimum atomic E-state index is -9.90. The van der Waals surface area contributed by atoms with Crippen molar-refractivity contribution in [2.45, 2.75) is 107 Å². The molecule has 0 aliphatic carbocycles. The maximum absolute atomic E-state index is 13.5. The Morgan fingerprint density at radius 3 is 1.03 bits per heavy atom. The number of aliphatic hydroxyl groups excluding tert-OH is 4. The third-order valence-corrected chi connectivity index (χ3v) is 22.0. The third-order valence-electron chi connectivity index (χ3n) is 20.1. The number of rotatable bonds is 9. The number of urea groups is 4. The quantitative estimate of drug-likeness (QED) is 0.0496. The van der Waals surface area contributed by atoms with Crippen LogP contribution >= 0.6 is 45.0 Å². The topological polar surface area (TPSA) is 400 Å². The molecule has 8 N–H and O–H groups in total. The normalized spacial score (nSPS) is 19.5. The number of hydroxylamine groups is 8. The number of carbonyl (C=O) groups excluding carboxylic acids is 8. The van der Waals surface area contributed by atoms with Gasteiger partial charge < -0.3 is 61.3 Å². The van der Waals surface area contributed by atoms with E-state index in [4.69, 9.17) is 54.2 Å². The fourth-order valence-corrected chi connectivity index (χ4v) is 15.5. The summed E-state index contributed by atoms with van der Waals surface area (Å²) in [4.78, 5) is 127. The van der Waals surface area contributed by atoms with Crippen molar-refractivity contribution in [1.82, 2.24) is 79.0 Å². The Morgan fingerprint density at radius 1 is 0.417 bits per heavy atom. The molecule has 0 saturated carbocycles. The molecule has 0 radical (unpaired) electrons. The Morgan fingerprint density at radius 2 is 0.725 bits per heavy atom. The summed E-state index contributed by atoms with van der Waals surface area (Å²) in [6.07, 6.45) is -0.789. The number of benzene rings is 4. The number of halogens is 11. The Kier molecular flexibility index (Phi) is 24.8. The van der Waals surface area contributed by atoms with Gasteiger partial charge in [0.25, 0.3) is 23.6 Å². The second-order valence-electron chi connectivity index (χ2n) is 28.5. The molecule has 120 heavy (non-hydrogen) atoms. The summed E-state index contributed by atoms with van der Waals surface area (Å²) in [7, 11) is -4.10. The van der Waals surface area contributed by atoms with Gasteiger partial charge in [0, 0.05) is 136 Å². The molecule has 4 atom stereocenters. The molecule has 2 unspecified atom stereocenters. The second-order valence-corrected chi connectivity index (χ2v) is 32.1. The lowest BCUT2D eigenvalue weighted by Crippen LogP contribution is -2.39. The number of carbonyl (C=O) groups is 8. The first kappa shape index (κ1) is 86.9. The third kappa shape index (κ3) is 18.9. The molecular weight excluding hydrogens is 1690 g/mol. The van der Waals surface area contributed by atoms with Crippen molar-refractivity contribution in [3.63, 3.8) is 0 Å². The molecule has 4 aromatic heterocycles. The van der Waals surface area contributed by atoms with Crippen LogP contribution in [0.2, 0.25) is 15.1 Å². The SMILES string of the molecule is CN1OC(CO)Cn2nc3c(c2C1=O)CN(C(=O)Nc1cccc(Cl)c1)CC3.CN1OC(CO)Cn2nc3c(c2C1=O)CN(C(=O)Nc1cccc(S(F)(F)(F)(F)F)c1)CC3.CN1O[C@H](CO)Cn2nc3c(c2C1=O)CN(C(=O)Nc1cc(F)c(F)c(Cl)c1)CC3.CN1O[C@H](CO)Cn2nc3c(c2C1=O)CN(C(=O)Nc1ccc(F)c(Cl)c1)CC3. The highest BCUT2D eigenvalue weighted by Crippen LogP contribution is 3.02. The lowest BCUT2D eigenvalue weighted by molar-refractivity contribution is -0.159. The van der Waals surface area contributed by atoms with Crippen LogP contribution in [0.15, 0.2) is 83.8 Å². The summed E-state index contributed by atoms with van der Waals surface area (Å²) < 4.78 is 112. The molecule has 12 heterocycles. The summed E-state index contributed by atoms with van der Waals surface area (Å²) in [6.45, 7) is 1.49. The molecule has 0 spiro atoms. The van der Waals surface area contributed by atoms with Gasteiger partial charge >= 0.3 is 34.3 Å². The number of aromatic nitrogens is 8. The smallest absolute Gasteiger partial charge is 0.322 e. The van der Waals surface area contributed by atoms with Crippen LogP contribution in [-0.2, 0) is 97.4 Å². The van der Waals surface area contributed by atoms with Crippen molar-refractivity contribution in [3.05, 3.63) is 179 Å². The van der Waals surface area contributed by atoms with Crippen LogP contribution in [0, 0.1) is 17.5 Å². The number of amides is 12. The molecular formula is C72H77Cl3F8N20O16S. The average molecular weight is 1770 g/mol. The first-order valence-electron chi connectivity index (χ1n) is 36.8. The minimum absolute atomic E-state index is 0.0125. The molecule has 8 aromatic rings. The van der Waals surface area contributed by atoms with Gasteiger partial charge in [-0.15, -0.1) is 0 Å². The van der Waals surface area contributed by atoms with E-state index in [0.29, 0.717) is 100 Å². The monoisotopic (exact) mass is 1770 g/mol. The van der Waals surface area contributed by atoms with Crippen molar-refractivity contribution in [2.75, 3.05) is 102 Å². The van der Waals surface area contributed by atoms with Crippen LogP contribution in [0.3, 0.4) is 0 Å². The van der Waals surface area contributed by atoms with E-state index in [9.17, 15) is 91.4 Å². The first-order valence-corrected chi connectivity index (χ1v) is 39.9. The highest BCUT2D eigenvalue weighted by atomic mass is 35.5. The van der Waals surface area contributed by atoms with Crippen LogP contribution in [-0.4, -0.2) is 252 Å². The minimum Gasteiger partial charge on any atom is -0.393 e. The van der Waals surface area contributed by atoms with Gasteiger partial charge in [-0.05, 0) is 60.7 Å². The number of fused-ring (bicyclic) bond motifs is 12. The molecule has 0 fully saturated rings. The maximum Gasteiger partial charge on any atom is 0.322 e. The number of aliphatic hydroxyl groups is 4. The van der Waals surface area contributed by atoms with Crippen LogP contribution in [0.25, 0.3) is 0 Å². The van der Waals surface area contributed by atoms with Crippen LogP contribution in [0.1, 0.15) is 87.0 Å². The van der Waals surface area contributed by atoms with E-state index in [1.54, 1.807) is 43.4 Å². The molecule has 0 saturated heterocycles. The maximum atomic E-state index is 13.5. The Balaban J connectivity index is 0.000000139. The predicted octanol–water partition coefficient (Wildman–Crippen LogP) is 8.44. The van der Waals surface area contributed by atoms with E-state index in [1.807, 2.05) is 0 Å². The highest BCUT2D eigenvalue weighted by Gasteiger charge is 2.65. The molecule has 48 heteroatoms. The average Bonchev–Trinajstić information content (AvgIpc) is 1.11. The molecule has 8 aliphatic rings. The van der Waals surface area contributed by atoms with Gasteiger partial charge in [-0.3, -0.25) is 57.3 Å². The van der Waals surface area contributed by atoms with Crippen molar-refractivity contribution in [1.29, 1.82) is 0 Å². The number of hydrogen-bond acceptors (Lipinski definition) is 20. The molecule has 0 bridgehead atoms. The molecule has 4 aromatic carbocycles. The zero-order valence-electron chi connectivity index (χ0n) is 63.9. The van der Waals surface area contributed by atoms with Gasteiger partial charge in [-0.25, -0.2) is 52.6 Å². The fourth-order valence-electron chi connectivity index (χ4n) is 14.2. The van der Waals surface area contributed by atoms with E-state index in [1.165, 1.54) is 65.6 Å². The predicted molar refractivity (Wildman–Crippen MR) is 410 cm³/mol. The summed E-state index contributed by atoms with van der Waals surface area (Å²) >= 11 is 17.4. The molecule has 644 valence electrons. The summed E-state index contributed by atoms with van der Waals surface area (Å²) in [6, 6.07) is 13.1. The van der Waals surface area contributed by atoms with Gasteiger partial charge in [-0.2, -0.15) is 20.4 Å². The van der Waals surface area contributed by atoms with Gasteiger partial charge in [0.15, 0.2) is 11.6 Å². The zero-order chi connectivity index (χ0) is 86.4. The Bertz CT molecular complexity index is 5360. The van der Waals surface area contributed by atoms with Crippen LogP contribution < -0.4 is 21.3 Å². The molecule has 16 rings (SSSR count). The van der Waals surface area contributed by atoms with Gasteiger partial charge in [-0.1, -0.05) is 66.4 Å². The van der Waals surface area contributed by atoms with E-state index < -0.39 is 97.6 Å². The van der Waals surface area contributed by atoms with E-state index >= 15 is 0 Å². The summed E-state index contributed by atoms with van der Waals surface area (Å²) in [5.41, 5.74) is 6.93. The standard InChI is InChI=1S/C18H18ClF2N5O4.C18H19ClFN5O4.C18H20ClN5O4.C18H20F5N5O4S/c1-24-17(28)16-11-7-25(3-2-14(11)23-26(16)6-10(8-27)30-24)18(29)22-9-4-12(19)15(21)13(20)5-9;1-23-17(27)16-12-8-24(18(28)21-10-2-3-14(20)13(19)6-10)5-4-15(12)22-25(16)7-11(9-26)29-23;1-22-17(26)16-14-9-23(18(27)20-12-4-2-3-11(19)7-12)6-5-15(14)21-24(16)8-13(10-25)28-22;1-26-17(30)16-14-9-27(6-5-15(14)25-28(16)8-12(10-29)32-26)18(31)24-11-3-2-4-13(7-11)33(19,20,21,22)23/h4-5,10,27H,2-3,6-8H2,1H3,(H,22,29);2-3,6,11,26H,4-5,7-9H2,1H3,(H,21,28);2-4,7,13,25H,5-6,8-10H2,1H3,(H,20,27);2-4,7,12,29H,5-6,8-10H2,1H3,(H,24,31)/t10-;11-;;/m00../s1. The van der Waals surface area contributed by atoms with Gasteiger partial charge in [0.1, 0.15) is 57.9 Å². The van der Waals surface area contributed by atoms with Crippen molar-refractivity contribution < 1.29 is 111 Å². The van der Waals surface area contributed by atoms with Crippen molar-refractivity contribution >= 4 is 116 Å². The van der Waals surface area contributed by atoms with E-state index in [2.05, 4.69) is 41.7 Å². The van der Waals surface area contributed by atoms with Crippen molar-refractivity contribution in [2.24, 2.45) is 0 Å². The number of hydrogen-bond donors (Lipinski definition) is 8. The Labute approximate surface area is 690 Å². The van der Waals surface area contributed by atoms with Gasteiger partial charge in [0.2, 0.25) is 0 Å². The highest BCUT2D eigenvalue weighted by molar-refractivity contribution is 8.45. The Hall–Kier alpha value is -11.0. The first-order chi connectivity index (χ1) is 56.8. The zero-order valence-corrected chi connectivity index (χ0v) is 67.0. The lowest BCUT2D eigenvalue weighted by atomic mass is 10.1. The lowest BCUT2D eigenvalue weighted by Gasteiger charge is -2.40. The second kappa shape index (κ2) is 34.3.